The summed E-state index contributed by atoms with van der Waals surface area (Å²) in [6.45, 7) is 7.36. The molecule has 0 aliphatic carbocycles. The van der Waals surface area contributed by atoms with E-state index in [4.69, 9.17) is 5.11 Å². The highest BCUT2D eigenvalue weighted by Gasteiger charge is 2.28. The van der Waals surface area contributed by atoms with Gasteiger partial charge in [-0.05, 0) is 26.7 Å². The van der Waals surface area contributed by atoms with E-state index in [9.17, 15) is 4.79 Å². The van der Waals surface area contributed by atoms with Gasteiger partial charge in [0, 0.05) is 38.3 Å². The van der Waals surface area contributed by atoms with Crippen LogP contribution in [0, 0.1) is 0 Å². The van der Waals surface area contributed by atoms with Crippen molar-refractivity contribution >= 4 is 6.03 Å². The summed E-state index contributed by atoms with van der Waals surface area (Å²) < 4.78 is 0. The van der Waals surface area contributed by atoms with Crippen molar-refractivity contribution in [2.75, 3.05) is 32.8 Å². The summed E-state index contributed by atoms with van der Waals surface area (Å²) in [4.78, 5) is 13.6. The Morgan fingerprint density at radius 3 is 2.88 bits per heavy atom. The predicted molar refractivity (Wildman–Crippen MR) is 63.4 cm³/mol. The molecule has 0 saturated carbocycles. The van der Waals surface area contributed by atoms with Crippen molar-refractivity contribution in [2.24, 2.45) is 0 Å². The number of carbonyl (C=O) groups excluding carboxylic acids is 1. The first-order chi connectivity index (χ1) is 7.55. The summed E-state index contributed by atoms with van der Waals surface area (Å²) in [5, 5.41) is 14.9. The summed E-state index contributed by atoms with van der Waals surface area (Å²) in [7, 11) is 0. The zero-order valence-electron chi connectivity index (χ0n) is 10.3. The van der Waals surface area contributed by atoms with Crippen molar-refractivity contribution in [2.45, 2.75) is 32.2 Å². The van der Waals surface area contributed by atoms with Crippen LogP contribution >= 0.6 is 0 Å². The van der Waals surface area contributed by atoms with Gasteiger partial charge in [-0.1, -0.05) is 0 Å². The van der Waals surface area contributed by atoms with E-state index in [1.165, 1.54) is 0 Å². The Labute approximate surface area is 97.2 Å². The van der Waals surface area contributed by atoms with E-state index in [2.05, 4.69) is 24.5 Å². The minimum Gasteiger partial charge on any atom is -0.396 e. The van der Waals surface area contributed by atoms with Crippen molar-refractivity contribution in [3.05, 3.63) is 0 Å². The first-order valence-corrected chi connectivity index (χ1v) is 5.94. The molecule has 0 bridgehead atoms. The molecule has 0 aromatic rings. The number of carbonyl (C=O) groups is 1. The number of rotatable bonds is 4. The molecule has 1 fully saturated rings. The van der Waals surface area contributed by atoms with Gasteiger partial charge >= 0.3 is 6.03 Å². The Bertz CT molecular complexity index is 231. The molecule has 0 unspecified atom stereocenters. The zero-order valence-corrected chi connectivity index (χ0v) is 10.3. The second kappa shape index (κ2) is 6.06. The maximum absolute atomic E-state index is 11.8. The Kier molecular flexibility index (Phi) is 5.02. The number of unbranched alkanes of at least 4 members (excludes halogenated alkanes) is 1. The quantitative estimate of drug-likeness (QED) is 0.601. The highest BCUT2D eigenvalue weighted by Crippen LogP contribution is 2.09. The van der Waals surface area contributed by atoms with Crippen molar-refractivity contribution in [1.82, 2.24) is 15.5 Å². The number of hydrogen-bond acceptors (Lipinski definition) is 3. The number of urea groups is 1. The molecular weight excluding hydrogens is 206 g/mol. The van der Waals surface area contributed by atoms with Gasteiger partial charge in [0.05, 0.1) is 0 Å². The molecule has 0 spiro atoms. The number of aliphatic hydroxyl groups excluding tert-OH is 1. The van der Waals surface area contributed by atoms with Crippen LogP contribution in [0.15, 0.2) is 0 Å². The number of hydrogen-bond donors (Lipinski definition) is 3. The SMILES string of the molecule is CC1(C)CN(C(=O)NCCCCO)CCN1. The van der Waals surface area contributed by atoms with Crippen LogP contribution in [0.3, 0.4) is 0 Å². The fourth-order valence-corrected chi connectivity index (χ4v) is 1.86. The highest BCUT2D eigenvalue weighted by atomic mass is 16.3. The van der Waals surface area contributed by atoms with Gasteiger partial charge in [-0.15, -0.1) is 0 Å². The van der Waals surface area contributed by atoms with Crippen molar-refractivity contribution < 1.29 is 9.90 Å². The normalized spacial score (nSPS) is 19.6. The molecule has 94 valence electrons. The zero-order chi connectivity index (χ0) is 12.0. The summed E-state index contributed by atoms with van der Waals surface area (Å²) in [5.41, 5.74) is 0.000683. The monoisotopic (exact) mass is 229 g/mol. The van der Waals surface area contributed by atoms with E-state index in [0.29, 0.717) is 6.54 Å². The first kappa shape index (κ1) is 13.3. The molecule has 1 aliphatic heterocycles. The van der Waals surface area contributed by atoms with Crippen molar-refractivity contribution in [3.8, 4) is 0 Å². The molecule has 5 heteroatoms. The second-order valence-corrected chi connectivity index (χ2v) is 4.89. The molecule has 0 radical (unpaired) electrons. The van der Waals surface area contributed by atoms with Gasteiger partial charge in [0.1, 0.15) is 0 Å². The summed E-state index contributed by atoms with van der Waals surface area (Å²) in [6.07, 6.45) is 1.57. The van der Waals surface area contributed by atoms with Crippen LogP contribution < -0.4 is 10.6 Å². The van der Waals surface area contributed by atoms with Crippen LogP contribution in [-0.2, 0) is 0 Å². The van der Waals surface area contributed by atoms with Gasteiger partial charge in [-0.25, -0.2) is 4.79 Å². The Balaban J connectivity index is 2.25. The predicted octanol–water partition coefficient (Wildman–Crippen LogP) is 0.152. The van der Waals surface area contributed by atoms with E-state index < -0.39 is 0 Å². The van der Waals surface area contributed by atoms with Gasteiger partial charge in [0.15, 0.2) is 0 Å². The van der Waals surface area contributed by atoms with E-state index in [1.807, 2.05) is 4.90 Å². The van der Waals surface area contributed by atoms with Crippen LogP contribution in [-0.4, -0.2) is 54.4 Å². The van der Waals surface area contributed by atoms with Crippen LogP contribution in [0.5, 0.6) is 0 Å². The van der Waals surface area contributed by atoms with Crippen LogP contribution in [0.1, 0.15) is 26.7 Å². The van der Waals surface area contributed by atoms with Gasteiger partial charge in [-0.3, -0.25) is 0 Å². The topological polar surface area (TPSA) is 64.6 Å². The molecule has 0 aromatic heterocycles. The number of nitrogens with zero attached hydrogens (tertiary/aromatic N) is 1. The first-order valence-electron chi connectivity index (χ1n) is 5.94. The third-order valence-electron chi connectivity index (χ3n) is 2.72. The number of piperazine rings is 1. The summed E-state index contributed by atoms with van der Waals surface area (Å²) in [5.74, 6) is 0. The number of amides is 2. The van der Waals surface area contributed by atoms with E-state index in [0.717, 1.165) is 32.5 Å². The fourth-order valence-electron chi connectivity index (χ4n) is 1.86. The molecular formula is C11H23N3O2. The Morgan fingerprint density at radius 2 is 2.25 bits per heavy atom. The third kappa shape index (κ3) is 4.37. The largest absolute Gasteiger partial charge is 0.396 e. The molecule has 1 rings (SSSR count). The lowest BCUT2D eigenvalue weighted by Gasteiger charge is -2.39. The fraction of sp³-hybridized carbons (Fsp3) is 0.909. The molecule has 0 atom stereocenters. The maximum Gasteiger partial charge on any atom is 0.317 e. The molecule has 1 aliphatic rings. The molecule has 1 saturated heterocycles. The minimum atomic E-state index is 0.000683. The minimum absolute atomic E-state index is 0.000683. The molecule has 2 amide bonds. The van der Waals surface area contributed by atoms with Gasteiger partial charge in [0.2, 0.25) is 0 Å². The third-order valence-corrected chi connectivity index (χ3v) is 2.72. The van der Waals surface area contributed by atoms with E-state index in [-0.39, 0.29) is 18.2 Å². The lowest BCUT2D eigenvalue weighted by Crippen LogP contribution is -2.60. The Morgan fingerprint density at radius 1 is 1.50 bits per heavy atom. The van der Waals surface area contributed by atoms with Gasteiger partial charge in [0.25, 0.3) is 0 Å². The van der Waals surface area contributed by atoms with Crippen LogP contribution in [0.2, 0.25) is 0 Å². The second-order valence-electron chi connectivity index (χ2n) is 4.89. The van der Waals surface area contributed by atoms with Gasteiger partial charge < -0.3 is 20.6 Å². The lowest BCUT2D eigenvalue weighted by molar-refractivity contribution is 0.154. The summed E-state index contributed by atoms with van der Waals surface area (Å²) >= 11 is 0. The summed E-state index contributed by atoms with van der Waals surface area (Å²) in [6, 6.07) is 0.00696. The molecule has 3 N–H and O–H groups in total. The molecule has 5 nitrogen and oxygen atoms in total. The Hall–Kier alpha value is -0.810. The smallest absolute Gasteiger partial charge is 0.317 e. The van der Waals surface area contributed by atoms with E-state index in [1.54, 1.807) is 0 Å². The maximum atomic E-state index is 11.8. The standard InChI is InChI=1S/C11H23N3O2/c1-11(2)9-14(7-6-13-11)10(16)12-5-3-4-8-15/h13,15H,3-9H2,1-2H3,(H,12,16). The van der Waals surface area contributed by atoms with Crippen LogP contribution in [0.25, 0.3) is 0 Å². The lowest BCUT2D eigenvalue weighted by atomic mass is 10.0. The number of aliphatic hydroxyl groups is 1. The highest BCUT2D eigenvalue weighted by molar-refractivity contribution is 5.74. The average molecular weight is 229 g/mol. The van der Waals surface area contributed by atoms with Crippen molar-refractivity contribution in [1.29, 1.82) is 0 Å². The van der Waals surface area contributed by atoms with Crippen LogP contribution in [0.4, 0.5) is 4.79 Å². The van der Waals surface area contributed by atoms with E-state index >= 15 is 0 Å². The molecule has 0 aromatic carbocycles. The molecule has 1 heterocycles. The van der Waals surface area contributed by atoms with Crippen molar-refractivity contribution in [3.63, 3.8) is 0 Å². The average Bonchev–Trinajstić information content (AvgIpc) is 2.22. The molecule has 16 heavy (non-hydrogen) atoms. The van der Waals surface area contributed by atoms with Gasteiger partial charge in [-0.2, -0.15) is 0 Å². The number of nitrogens with one attached hydrogen (secondary N) is 2.